The molecule has 0 radical (unpaired) electrons. The summed E-state index contributed by atoms with van der Waals surface area (Å²) in [6.07, 6.45) is 8.75. The first-order valence-electron chi connectivity index (χ1n) is 10.00. The van der Waals surface area contributed by atoms with Crippen molar-refractivity contribution >= 4 is 11.8 Å². The van der Waals surface area contributed by atoms with Gasteiger partial charge in [0.1, 0.15) is 11.7 Å². The molecule has 1 heterocycles. The SMILES string of the molecule is CCC(/C=C/C(C)=O)CC(C)C[C@@]1(CC)C[C@@H](CC)[C@@H](CC(=O)O)OO1. The van der Waals surface area contributed by atoms with Gasteiger partial charge >= 0.3 is 5.97 Å². The number of rotatable bonds is 11. The monoisotopic (exact) mass is 368 g/mol. The standard InChI is InChI=1S/C21H36O5/c1-6-17(10-9-16(5)22)11-15(4)13-21(8-3)14-18(7-2)19(25-26-21)12-20(23)24/h9-10,15,17-19H,6-8,11-14H2,1-5H3,(H,23,24)/b10-9+/t15?,17?,18-,19-,21+/m1/s1. The van der Waals surface area contributed by atoms with E-state index in [0.717, 1.165) is 38.5 Å². The molecule has 1 aliphatic heterocycles. The second-order valence-corrected chi connectivity index (χ2v) is 7.91. The molecule has 150 valence electrons. The number of carbonyl (C=O) groups is 2. The average Bonchev–Trinajstić information content (AvgIpc) is 2.59. The van der Waals surface area contributed by atoms with Crippen molar-refractivity contribution in [3.63, 3.8) is 0 Å². The van der Waals surface area contributed by atoms with Crippen molar-refractivity contribution in [1.82, 2.24) is 0 Å². The number of allylic oxidation sites excluding steroid dienone is 2. The molecule has 2 unspecified atom stereocenters. The molecular formula is C21H36O5. The Morgan fingerprint density at radius 2 is 2.00 bits per heavy atom. The Morgan fingerprint density at radius 1 is 1.31 bits per heavy atom. The van der Waals surface area contributed by atoms with Gasteiger partial charge in [-0.05, 0) is 62.9 Å². The number of carboxylic acids is 1. The normalized spacial score (nSPS) is 28.8. The Labute approximate surface area is 158 Å². The number of aliphatic carboxylic acids is 1. The lowest BCUT2D eigenvalue weighted by Gasteiger charge is -2.43. The number of hydrogen-bond acceptors (Lipinski definition) is 4. The smallest absolute Gasteiger partial charge is 0.306 e. The second kappa shape index (κ2) is 10.8. The highest BCUT2D eigenvalue weighted by molar-refractivity contribution is 5.87. The highest BCUT2D eigenvalue weighted by Crippen LogP contribution is 2.41. The van der Waals surface area contributed by atoms with Gasteiger partial charge in [0.2, 0.25) is 0 Å². The summed E-state index contributed by atoms with van der Waals surface area (Å²) in [4.78, 5) is 33.6. The molecule has 1 N–H and O–H groups in total. The number of ketones is 1. The first-order chi connectivity index (χ1) is 12.2. The van der Waals surface area contributed by atoms with Gasteiger partial charge in [-0.3, -0.25) is 9.59 Å². The van der Waals surface area contributed by atoms with Crippen LogP contribution in [-0.2, 0) is 19.4 Å². The van der Waals surface area contributed by atoms with E-state index >= 15 is 0 Å². The quantitative estimate of drug-likeness (QED) is 0.413. The van der Waals surface area contributed by atoms with Gasteiger partial charge in [-0.2, -0.15) is 0 Å². The van der Waals surface area contributed by atoms with E-state index in [2.05, 4.69) is 27.7 Å². The Kier molecular flexibility index (Phi) is 9.51. The third-order valence-corrected chi connectivity index (χ3v) is 5.61. The van der Waals surface area contributed by atoms with Crippen LogP contribution in [0.3, 0.4) is 0 Å². The average molecular weight is 369 g/mol. The molecule has 5 atom stereocenters. The van der Waals surface area contributed by atoms with Crippen molar-refractivity contribution < 1.29 is 24.5 Å². The van der Waals surface area contributed by atoms with Crippen LogP contribution in [0.2, 0.25) is 0 Å². The molecular weight excluding hydrogens is 332 g/mol. The van der Waals surface area contributed by atoms with Crippen molar-refractivity contribution in [2.24, 2.45) is 17.8 Å². The fraction of sp³-hybridized carbons (Fsp3) is 0.810. The van der Waals surface area contributed by atoms with E-state index < -0.39 is 5.97 Å². The zero-order valence-corrected chi connectivity index (χ0v) is 17.0. The maximum atomic E-state index is 11.2. The molecule has 1 fully saturated rings. The van der Waals surface area contributed by atoms with Gasteiger partial charge in [-0.25, -0.2) is 9.78 Å². The molecule has 0 spiro atoms. The molecule has 0 amide bonds. The molecule has 1 rings (SSSR count). The van der Waals surface area contributed by atoms with E-state index in [1.807, 2.05) is 6.08 Å². The van der Waals surface area contributed by atoms with Gasteiger partial charge < -0.3 is 5.11 Å². The molecule has 1 saturated heterocycles. The first kappa shape index (κ1) is 22.8. The summed E-state index contributed by atoms with van der Waals surface area (Å²) >= 11 is 0. The van der Waals surface area contributed by atoms with E-state index in [1.165, 1.54) is 0 Å². The molecule has 0 aromatic rings. The molecule has 0 saturated carbocycles. The van der Waals surface area contributed by atoms with Crippen molar-refractivity contribution in [3.8, 4) is 0 Å². The predicted molar refractivity (Wildman–Crippen MR) is 102 cm³/mol. The van der Waals surface area contributed by atoms with Crippen molar-refractivity contribution in [2.75, 3.05) is 0 Å². The van der Waals surface area contributed by atoms with Gasteiger partial charge in [-0.1, -0.05) is 40.2 Å². The Bertz CT molecular complexity index is 487. The Balaban J connectivity index is 2.72. The first-order valence-corrected chi connectivity index (χ1v) is 10.00. The van der Waals surface area contributed by atoms with E-state index in [9.17, 15) is 9.59 Å². The molecule has 5 nitrogen and oxygen atoms in total. The van der Waals surface area contributed by atoms with Crippen LogP contribution in [0.25, 0.3) is 0 Å². The fourth-order valence-corrected chi connectivity index (χ4v) is 4.02. The third-order valence-electron chi connectivity index (χ3n) is 5.61. The largest absolute Gasteiger partial charge is 0.481 e. The molecule has 0 bridgehead atoms. The van der Waals surface area contributed by atoms with Crippen LogP contribution in [-0.4, -0.2) is 28.6 Å². The summed E-state index contributed by atoms with van der Waals surface area (Å²) in [6.45, 7) is 10.1. The lowest BCUT2D eigenvalue weighted by molar-refractivity contribution is -0.424. The maximum Gasteiger partial charge on any atom is 0.306 e. The highest BCUT2D eigenvalue weighted by atomic mass is 17.2. The molecule has 1 aliphatic rings. The van der Waals surface area contributed by atoms with E-state index in [0.29, 0.717) is 11.8 Å². The third kappa shape index (κ3) is 7.20. The summed E-state index contributed by atoms with van der Waals surface area (Å²) in [7, 11) is 0. The summed E-state index contributed by atoms with van der Waals surface area (Å²) in [5, 5.41) is 9.06. The van der Waals surface area contributed by atoms with Gasteiger partial charge in [0.05, 0.1) is 6.42 Å². The lowest BCUT2D eigenvalue weighted by atomic mass is 9.76. The van der Waals surface area contributed by atoms with Gasteiger partial charge in [0.25, 0.3) is 0 Å². The minimum atomic E-state index is -0.850. The summed E-state index contributed by atoms with van der Waals surface area (Å²) in [6, 6.07) is 0. The minimum absolute atomic E-state index is 0.0123. The zero-order chi connectivity index (χ0) is 19.7. The van der Waals surface area contributed by atoms with Crippen LogP contribution in [0.5, 0.6) is 0 Å². The topological polar surface area (TPSA) is 72.8 Å². The van der Waals surface area contributed by atoms with E-state index in [-0.39, 0.29) is 29.8 Å². The summed E-state index contributed by atoms with van der Waals surface area (Å²) in [5.74, 6) is 0.243. The summed E-state index contributed by atoms with van der Waals surface area (Å²) in [5.41, 5.74) is -0.350. The highest BCUT2D eigenvalue weighted by Gasteiger charge is 2.43. The van der Waals surface area contributed by atoms with E-state index in [4.69, 9.17) is 14.9 Å². The predicted octanol–water partition coefficient (Wildman–Crippen LogP) is 4.94. The van der Waals surface area contributed by atoms with Gasteiger partial charge in [0.15, 0.2) is 5.78 Å². The van der Waals surface area contributed by atoms with Crippen molar-refractivity contribution in [1.29, 1.82) is 0 Å². The minimum Gasteiger partial charge on any atom is -0.481 e. The Morgan fingerprint density at radius 3 is 2.50 bits per heavy atom. The zero-order valence-electron chi connectivity index (χ0n) is 17.0. The molecule has 0 aromatic carbocycles. The van der Waals surface area contributed by atoms with Crippen LogP contribution in [0, 0.1) is 17.8 Å². The van der Waals surface area contributed by atoms with Crippen LogP contribution < -0.4 is 0 Å². The number of hydrogen-bond donors (Lipinski definition) is 1. The maximum absolute atomic E-state index is 11.2. The fourth-order valence-electron chi connectivity index (χ4n) is 4.02. The molecule has 5 heteroatoms. The van der Waals surface area contributed by atoms with Crippen LogP contribution in [0.4, 0.5) is 0 Å². The van der Waals surface area contributed by atoms with Crippen molar-refractivity contribution in [2.45, 2.75) is 91.3 Å². The van der Waals surface area contributed by atoms with Crippen LogP contribution in [0.15, 0.2) is 12.2 Å². The molecule has 0 aliphatic carbocycles. The molecule has 0 aromatic heterocycles. The Hall–Kier alpha value is -1.20. The van der Waals surface area contributed by atoms with Gasteiger partial charge in [0, 0.05) is 0 Å². The van der Waals surface area contributed by atoms with Gasteiger partial charge in [-0.15, -0.1) is 0 Å². The lowest BCUT2D eigenvalue weighted by Crippen LogP contribution is -2.46. The number of carbonyl (C=O) groups excluding carboxylic acids is 1. The second-order valence-electron chi connectivity index (χ2n) is 7.91. The summed E-state index contributed by atoms with van der Waals surface area (Å²) < 4.78 is 0. The molecule has 26 heavy (non-hydrogen) atoms. The number of carboxylic acid groups (broad SMARTS) is 1. The van der Waals surface area contributed by atoms with Crippen LogP contribution in [0.1, 0.15) is 79.6 Å². The van der Waals surface area contributed by atoms with Crippen molar-refractivity contribution in [3.05, 3.63) is 12.2 Å². The van der Waals surface area contributed by atoms with Crippen LogP contribution >= 0.6 is 0 Å². The van der Waals surface area contributed by atoms with E-state index in [1.54, 1.807) is 13.0 Å².